The normalized spacial score (nSPS) is 26.9. The van der Waals surface area contributed by atoms with Gasteiger partial charge >= 0.3 is 0 Å². The van der Waals surface area contributed by atoms with Crippen molar-refractivity contribution in [3.8, 4) is 0 Å². The van der Waals surface area contributed by atoms with E-state index in [1.54, 1.807) is 16.7 Å². The van der Waals surface area contributed by atoms with Crippen LogP contribution in [-0.4, -0.2) is 94.2 Å². The van der Waals surface area contributed by atoms with Gasteiger partial charge in [-0.15, -0.1) is 0 Å². The molecule has 0 spiro atoms. The summed E-state index contributed by atoms with van der Waals surface area (Å²) in [7, 11) is 0. The number of β-amino-alcohol motifs (C(OH)–C–C–N with tert-alkyl or cyclic N) is 1. The number of aliphatic hydroxyl groups is 2. The van der Waals surface area contributed by atoms with Gasteiger partial charge in [-0.2, -0.15) is 0 Å². The van der Waals surface area contributed by atoms with Crippen molar-refractivity contribution in [3.63, 3.8) is 0 Å². The summed E-state index contributed by atoms with van der Waals surface area (Å²) in [6.07, 6.45) is -0.196. The Morgan fingerprint density at radius 3 is 2.37 bits per heavy atom. The van der Waals surface area contributed by atoms with E-state index in [0.717, 1.165) is 5.56 Å². The molecule has 2 amide bonds. The van der Waals surface area contributed by atoms with Crippen LogP contribution in [0, 0.1) is 0 Å². The van der Waals surface area contributed by atoms with E-state index in [-0.39, 0.29) is 18.4 Å². The molecule has 0 bridgehead atoms. The number of rotatable bonds is 4. The Bertz CT molecular complexity index is 660. The van der Waals surface area contributed by atoms with Gasteiger partial charge in [0.25, 0.3) is 0 Å². The molecule has 0 radical (unpaired) electrons. The lowest BCUT2D eigenvalue weighted by molar-refractivity contribution is -0.157. The van der Waals surface area contributed by atoms with Gasteiger partial charge in [-0.25, -0.2) is 0 Å². The molecule has 2 saturated heterocycles. The van der Waals surface area contributed by atoms with Crippen molar-refractivity contribution in [1.82, 2.24) is 14.7 Å². The summed E-state index contributed by atoms with van der Waals surface area (Å²) in [6, 6.07) is 9.55. The van der Waals surface area contributed by atoms with E-state index in [0.29, 0.717) is 52.1 Å². The maximum atomic E-state index is 12.6. The van der Waals surface area contributed by atoms with Gasteiger partial charge in [0, 0.05) is 46.2 Å². The summed E-state index contributed by atoms with van der Waals surface area (Å²) >= 11 is 0. The Morgan fingerprint density at radius 1 is 1.07 bits per heavy atom. The molecule has 2 heterocycles. The van der Waals surface area contributed by atoms with Crippen molar-refractivity contribution in [3.05, 3.63) is 35.9 Å². The molecule has 2 atom stereocenters. The van der Waals surface area contributed by atoms with Crippen molar-refractivity contribution in [2.24, 2.45) is 0 Å². The first-order valence-corrected chi connectivity index (χ1v) is 9.57. The molecule has 7 nitrogen and oxygen atoms in total. The molecule has 0 aromatic heterocycles. The molecule has 0 unspecified atom stereocenters. The Hall–Kier alpha value is -1.96. The largest absolute Gasteiger partial charge is 0.390 e. The highest BCUT2D eigenvalue weighted by molar-refractivity contribution is 5.79. The average Bonchev–Trinajstić information content (AvgIpc) is 2.65. The van der Waals surface area contributed by atoms with Crippen LogP contribution in [0.1, 0.15) is 18.9 Å². The third kappa shape index (κ3) is 4.86. The SMILES string of the molecule is CC(=O)N1CCN(C[C@]2(O)CN(C(=O)Cc3ccccc3)CC[C@H]2O)CC1. The topological polar surface area (TPSA) is 84.3 Å². The Kier molecular flexibility index (Phi) is 6.14. The highest BCUT2D eigenvalue weighted by atomic mass is 16.3. The van der Waals surface area contributed by atoms with E-state index < -0.39 is 11.7 Å². The predicted molar refractivity (Wildman–Crippen MR) is 101 cm³/mol. The van der Waals surface area contributed by atoms with Crippen molar-refractivity contribution in [1.29, 1.82) is 0 Å². The molecule has 0 aliphatic carbocycles. The molecule has 2 aliphatic heterocycles. The summed E-state index contributed by atoms with van der Waals surface area (Å²) in [5.74, 6) is 0.0247. The second-order valence-corrected chi connectivity index (χ2v) is 7.67. The smallest absolute Gasteiger partial charge is 0.227 e. The van der Waals surface area contributed by atoms with Gasteiger partial charge in [0.1, 0.15) is 5.60 Å². The zero-order valence-electron chi connectivity index (χ0n) is 15.9. The van der Waals surface area contributed by atoms with Gasteiger partial charge in [-0.1, -0.05) is 30.3 Å². The van der Waals surface area contributed by atoms with Crippen LogP contribution in [0.25, 0.3) is 0 Å². The number of amides is 2. The van der Waals surface area contributed by atoms with Gasteiger partial charge in [0.15, 0.2) is 0 Å². The van der Waals surface area contributed by atoms with Crippen LogP contribution in [0.15, 0.2) is 30.3 Å². The highest BCUT2D eigenvalue weighted by Crippen LogP contribution is 2.24. The minimum absolute atomic E-state index is 0.0343. The second kappa shape index (κ2) is 8.37. The highest BCUT2D eigenvalue weighted by Gasteiger charge is 2.43. The first-order chi connectivity index (χ1) is 12.9. The molecule has 2 aliphatic rings. The number of nitrogens with zero attached hydrogens (tertiary/aromatic N) is 3. The molecule has 0 saturated carbocycles. The zero-order chi connectivity index (χ0) is 19.4. The number of hydrogen-bond donors (Lipinski definition) is 2. The Labute approximate surface area is 160 Å². The summed E-state index contributed by atoms with van der Waals surface area (Å²) in [4.78, 5) is 29.6. The van der Waals surface area contributed by atoms with Crippen molar-refractivity contribution >= 4 is 11.8 Å². The minimum atomic E-state index is -1.34. The van der Waals surface area contributed by atoms with Gasteiger partial charge in [0.2, 0.25) is 11.8 Å². The second-order valence-electron chi connectivity index (χ2n) is 7.67. The fourth-order valence-electron chi connectivity index (χ4n) is 3.92. The monoisotopic (exact) mass is 375 g/mol. The van der Waals surface area contributed by atoms with E-state index in [2.05, 4.69) is 4.90 Å². The number of piperidine rings is 1. The van der Waals surface area contributed by atoms with E-state index in [4.69, 9.17) is 0 Å². The predicted octanol–water partition coefficient (Wildman–Crippen LogP) is -0.282. The number of hydrogen-bond acceptors (Lipinski definition) is 5. The fraction of sp³-hybridized carbons (Fsp3) is 0.600. The van der Waals surface area contributed by atoms with E-state index in [1.165, 1.54) is 0 Å². The fourth-order valence-corrected chi connectivity index (χ4v) is 3.92. The Morgan fingerprint density at radius 2 is 1.74 bits per heavy atom. The van der Waals surface area contributed by atoms with Crippen molar-refractivity contribution in [2.75, 3.05) is 45.8 Å². The van der Waals surface area contributed by atoms with Crippen molar-refractivity contribution in [2.45, 2.75) is 31.5 Å². The van der Waals surface area contributed by atoms with Crippen LogP contribution >= 0.6 is 0 Å². The molecular formula is C20H29N3O4. The van der Waals surface area contributed by atoms with Crippen LogP contribution in [0.2, 0.25) is 0 Å². The lowest BCUT2D eigenvalue weighted by atomic mass is 9.88. The number of piperazine rings is 1. The number of aliphatic hydroxyl groups excluding tert-OH is 1. The molecule has 3 rings (SSSR count). The molecule has 1 aromatic rings. The standard InChI is InChI=1S/C20H29N3O4/c1-16(24)22-11-9-21(10-12-22)14-20(27)15-23(8-7-18(20)25)19(26)13-17-5-3-2-4-6-17/h2-6,18,25,27H,7-15H2,1H3/t18-,20+/m1/s1. The number of likely N-dealkylation sites (tertiary alicyclic amines) is 1. The third-order valence-corrected chi connectivity index (χ3v) is 5.62. The molecule has 1 aromatic carbocycles. The summed E-state index contributed by atoms with van der Waals surface area (Å²) in [6.45, 7) is 5.01. The van der Waals surface area contributed by atoms with Gasteiger partial charge in [-0.05, 0) is 12.0 Å². The van der Waals surface area contributed by atoms with Crippen LogP contribution in [0.3, 0.4) is 0 Å². The lowest BCUT2D eigenvalue weighted by Gasteiger charge is -2.46. The van der Waals surface area contributed by atoms with Crippen LogP contribution in [-0.2, 0) is 16.0 Å². The van der Waals surface area contributed by atoms with Gasteiger partial charge < -0.3 is 20.0 Å². The molecule has 7 heteroatoms. The van der Waals surface area contributed by atoms with E-state index in [9.17, 15) is 19.8 Å². The van der Waals surface area contributed by atoms with Crippen molar-refractivity contribution < 1.29 is 19.8 Å². The summed E-state index contributed by atoms with van der Waals surface area (Å²) in [5.41, 5.74) is -0.402. The van der Waals surface area contributed by atoms with Crippen LogP contribution in [0.4, 0.5) is 0 Å². The number of benzene rings is 1. The minimum Gasteiger partial charge on any atom is -0.390 e. The van der Waals surface area contributed by atoms with Gasteiger partial charge in [-0.3, -0.25) is 14.5 Å². The first-order valence-electron chi connectivity index (χ1n) is 9.57. The Balaban J connectivity index is 1.59. The van der Waals surface area contributed by atoms with E-state index >= 15 is 0 Å². The van der Waals surface area contributed by atoms with Crippen LogP contribution < -0.4 is 0 Å². The van der Waals surface area contributed by atoms with E-state index in [1.807, 2.05) is 30.3 Å². The first kappa shape index (κ1) is 19.8. The number of carbonyl (C=O) groups excluding carboxylic acids is 2. The summed E-state index contributed by atoms with van der Waals surface area (Å²) in [5, 5.41) is 21.5. The number of carbonyl (C=O) groups is 2. The lowest BCUT2D eigenvalue weighted by Crippen LogP contribution is -2.64. The maximum Gasteiger partial charge on any atom is 0.227 e. The molecule has 148 valence electrons. The zero-order valence-corrected chi connectivity index (χ0v) is 15.9. The molecular weight excluding hydrogens is 346 g/mol. The molecule has 27 heavy (non-hydrogen) atoms. The molecule has 2 fully saturated rings. The third-order valence-electron chi connectivity index (χ3n) is 5.62. The average molecular weight is 375 g/mol. The van der Waals surface area contributed by atoms with Gasteiger partial charge in [0.05, 0.1) is 19.1 Å². The summed E-state index contributed by atoms with van der Waals surface area (Å²) < 4.78 is 0. The van der Waals surface area contributed by atoms with Crippen LogP contribution in [0.5, 0.6) is 0 Å². The maximum absolute atomic E-state index is 12.6. The molecule has 2 N–H and O–H groups in total. The quantitative estimate of drug-likeness (QED) is 0.756.